The smallest absolute Gasteiger partial charge is 0.131 e. The quantitative estimate of drug-likeness (QED) is 0.625. The highest BCUT2D eigenvalue weighted by Gasteiger charge is 2.22. The number of benzene rings is 1. The summed E-state index contributed by atoms with van der Waals surface area (Å²) in [6.45, 7) is 0. The fourth-order valence-electron chi connectivity index (χ4n) is 2.78. The van der Waals surface area contributed by atoms with Crippen molar-refractivity contribution >= 4 is 0 Å². The Labute approximate surface area is 107 Å². The maximum absolute atomic E-state index is 14.0. The zero-order valence-electron chi connectivity index (χ0n) is 10.8. The first kappa shape index (κ1) is 13.3. The van der Waals surface area contributed by atoms with Gasteiger partial charge in [-0.3, -0.25) is 11.3 Å². The zero-order chi connectivity index (χ0) is 13.0. The molecule has 1 aliphatic rings. The van der Waals surface area contributed by atoms with Gasteiger partial charge in [-0.1, -0.05) is 31.7 Å². The van der Waals surface area contributed by atoms with Gasteiger partial charge in [-0.25, -0.2) is 4.39 Å². The van der Waals surface area contributed by atoms with Gasteiger partial charge in [-0.2, -0.15) is 0 Å². The SMILES string of the molecule is COc1ccc(C(CC2CCCC2)NN)c(F)c1. The Kier molecular flexibility index (Phi) is 4.55. The largest absolute Gasteiger partial charge is 0.497 e. The second-order valence-corrected chi connectivity index (χ2v) is 4.99. The van der Waals surface area contributed by atoms with E-state index in [1.54, 1.807) is 12.1 Å². The zero-order valence-corrected chi connectivity index (χ0v) is 10.8. The normalized spacial score (nSPS) is 17.9. The molecule has 0 aliphatic heterocycles. The van der Waals surface area contributed by atoms with Gasteiger partial charge in [0.2, 0.25) is 0 Å². The van der Waals surface area contributed by atoms with Gasteiger partial charge in [0, 0.05) is 17.7 Å². The Morgan fingerprint density at radius 2 is 2.17 bits per heavy atom. The lowest BCUT2D eigenvalue weighted by molar-refractivity contribution is 0.385. The monoisotopic (exact) mass is 252 g/mol. The molecule has 0 saturated heterocycles. The maximum Gasteiger partial charge on any atom is 0.131 e. The minimum atomic E-state index is -0.254. The van der Waals surface area contributed by atoms with Crippen molar-refractivity contribution < 1.29 is 9.13 Å². The Bertz CT molecular complexity index is 391. The summed E-state index contributed by atoms with van der Waals surface area (Å²) in [5.41, 5.74) is 3.37. The molecule has 3 nitrogen and oxygen atoms in total. The van der Waals surface area contributed by atoms with Gasteiger partial charge in [0.05, 0.1) is 7.11 Å². The van der Waals surface area contributed by atoms with Crippen LogP contribution in [-0.4, -0.2) is 7.11 Å². The standard InChI is InChI=1S/C14H21FN2O/c1-18-11-6-7-12(13(15)9-11)14(17-16)8-10-4-2-3-5-10/h6-7,9-10,14,17H,2-5,8,16H2,1H3. The van der Waals surface area contributed by atoms with E-state index in [1.165, 1.54) is 38.9 Å². The van der Waals surface area contributed by atoms with Gasteiger partial charge in [0.15, 0.2) is 0 Å². The van der Waals surface area contributed by atoms with E-state index in [-0.39, 0.29) is 11.9 Å². The molecule has 1 unspecified atom stereocenters. The molecule has 4 heteroatoms. The number of nitrogens with two attached hydrogens (primary N) is 1. The second-order valence-electron chi connectivity index (χ2n) is 4.99. The van der Waals surface area contributed by atoms with Crippen molar-refractivity contribution in [2.24, 2.45) is 11.8 Å². The van der Waals surface area contributed by atoms with E-state index in [1.807, 2.05) is 0 Å². The minimum Gasteiger partial charge on any atom is -0.497 e. The van der Waals surface area contributed by atoms with Crippen molar-refractivity contribution in [1.29, 1.82) is 0 Å². The summed E-state index contributed by atoms with van der Waals surface area (Å²) in [6.07, 6.45) is 5.94. The van der Waals surface area contributed by atoms with Crippen molar-refractivity contribution in [3.63, 3.8) is 0 Å². The molecular weight excluding hydrogens is 231 g/mol. The highest BCUT2D eigenvalue weighted by Crippen LogP contribution is 2.34. The van der Waals surface area contributed by atoms with E-state index in [0.29, 0.717) is 17.2 Å². The van der Waals surface area contributed by atoms with Crippen LogP contribution in [0.15, 0.2) is 18.2 Å². The molecule has 100 valence electrons. The lowest BCUT2D eigenvalue weighted by Gasteiger charge is -2.21. The van der Waals surface area contributed by atoms with Crippen LogP contribution in [0.25, 0.3) is 0 Å². The molecule has 18 heavy (non-hydrogen) atoms. The van der Waals surface area contributed by atoms with E-state index in [4.69, 9.17) is 10.6 Å². The van der Waals surface area contributed by atoms with E-state index >= 15 is 0 Å². The molecule has 1 saturated carbocycles. The van der Waals surface area contributed by atoms with Crippen LogP contribution < -0.4 is 16.0 Å². The molecule has 0 bridgehead atoms. The third-order valence-corrected chi connectivity index (χ3v) is 3.83. The van der Waals surface area contributed by atoms with Crippen LogP contribution in [-0.2, 0) is 0 Å². The van der Waals surface area contributed by atoms with Crippen LogP contribution in [0.2, 0.25) is 0 Å². The Morgan fingerprint density at radius 1 is 1.44 bits per heavy atom. The fourth-order valence-corrected chi connectivity index (χ4v) is 2.78. The predicted molar refractivity (Wildman–Crippen MR) is 69.6 cm³/mol. The van der Waals surface area contributed by atoms with Crippen LogP contribution in [0.3, 0.4) is 0 Å². The number of ether oxygens (including phenoxy) is 1. The highest BCUT2D eigenvalue weighted by atomic mass is 19.1. The van der Waals surface area contributed by atoms with Crippen LogP contribution >= 0.6 is 0 Å². The fraction of sp³-hybridized carbons (Fsp3) is 0.571. The maximum atomic E-state index is 14.0. The van der Waals surface area contributed by atoms with Crippen LogP contribution in [0.5, 0.6) is 5.75 Å². The first-order valence-electron chi connectivity index (χ1n) is 6.54. The van der Waals surface area contributed by atoms with Gasteiger partial charge in [0.1, 0.15) is 11.6 Å². The number of nitrogens with one attached hydrogen (secondary N) is 1. The topological polar surface area (TPSA) is 47.3 Å². The molecule has 0 aromatic heterocycles. The molecular formula is C14H21FN2O. The van der Waals surface area contributed by atoms with E-state index in [2.05, 4.69) is 5.43 Å². The van der Waals surface area contributed by atoms with Gasteiger partial charge in [-0.05, 0) is 18.4 Å². The predicted octanol–water partition coefficient (Wildman–Crippen LogP) is 2.92. The van der Waals surface area contributed by atoms with Gasteiger partial charge in [-0.15, -0.1) is 0 Å². The number of hydrazine groups is 1. The van der Waals surface area contributed by atoms with E-state index < -0.39 is 0 Å². The Morgan fingerprint density at radius 3 is 2.72 bits per heavy atom. The van der Waals surface area contributed by atoms with Gasteiger partial charge >= 0.3 is 0 Å². The summed E-state index contributed by atoms with van der Waals surface area (Å²) in [4.78, 5) is 0. The van der Waals surface area contributed by atoms with Gasteiger partial charge in [0.25, 0.3) is 0 Å². The molecule has 0 radical (unpaired) electrons. The molecule has 0 heterocycles. The third kappa shape index (κ3) is 3.00. The molecule has 1 fully saturated rings. The van der Waals surface area contributed by atoms with Crippen LogP contribution in [0.1, 0.15) is 43.7 Å². The Hall–Kier alpha value is -1.13. The number of methoxy groups -OCH3 is 1. The Balaban J connectivity index is 2.10. The second kappa shape index (κ2) is 6.16. The summed E-state index contributed by atoms with van der Waals surface area (Å²) in [7, 11) is 1.53. The molecule has 1 aromatic carbocycles. The molecule has 0 amide bonds. The van der Waals surface area contributed by atoms with Crippen molar-refractivity contribution in [1.82, 2.24) is 5.43 Å². The summed E-state index contributed by atoms with van der Waals surface area (Å²) < 4.78 is 19.0. The summed E-state index contributed by atoms with van der Waals surface area (Å²) in [5, 5.41) is 0. The minimum absolute atomic E-state index is 0.112. The summed E-state index contributed by atoms with van der Waals surface area (Å²) in [6, 6.07) is 4.83. The average molecular weight is 252 g/mol. The van der Waals surface area contributed by atoms with E-state index in [0.717, 1.165) is 6.42 Å². The molecule has 2 rings (SSSR count). The van der Waals surface area contributed by atoms with Crippen molar-refractivity contribution in [2.45, 2.75) is 38.1 Å². The first-order valence-corrected chi connectivity index (χ1v) is 6.54. The third-order valence-electron chi connectivity index (χ3n) is 3.83. The number of hydrogen-bond acceptors (Lipinski definition) is 3. The molecule has 1 atom stereocenters. The van der Waals surface area contributed by atoms with Crippen LogP contribution in [0, 0.1) is 11.7 Å². The molecule has 0 spiro atoms. The molecule has 1 aliphatic carbocycles. The number of rotatable bonds is 5. The summed E-state index contributed by atoms with van der Waals surface area (Å²) >= 11 is 0. The average Bonchev–Trinajstić information content (AvgIpc) is 2.89. The molecule has 3 N–H and O–H groups in total. The van der Waals surface area contributed by atoms with Crippen molar-refractivity contribution in [2.75, 3.05) is 7.11 Å². The van der Waals surface area contributed by atoms with Gasteiger partial charge < -0.3 is 4.74 Å². The highest BCUT2D eigenvalue weighted by molar-refractivity contribution is 5.30. The molecule has 1 aromatic rings. The summed E-state index contributed by atoms with van der Waals surface area (Å²) in [5.74, 6) is 6.51. The first-order chi connectivity index (χ1) is 8.74. The van der Waals surface area contributed by atoms with Crippen molar-refractivity contribution in [3.05, 3.63) is 29.6 Å². The lowest BCUT2D eigenvalue weighted by Crippen LogP contribution is -2.30. The van der Waals surface area contributed by atoms with Crippen molar-refractivity contribution in [3.8, 4) is 5.75 Å². The van der Waals surface area contributed by atoms with Crippen LogP contribution in [0.4, 0.5) is 4.39 Å². The number of hydrogen-bond donors (Lipinski definition) is 2. The number of halogens is 1. The lowest BCUT2D eigenvalue weighted by atomic mass is 9.93. The van der Waals surface area contributed by atoms with E-state index in [9.17, 15) is 4.39 Å².